The molecule has 1 saturated heterocycles. The molecule has 184 valence electrons. The summed E-state index contributed by atoms with van der Waals surface area (Å²) in [6, 6.07) is 3.54. The number of anilines is 1. The summed E-state index contributed by atoms with van der Waals surface area (Å²) in [6.45, 7) is 7.35. The molecular weight excluding hydrogens is 457 g/mol. The Kier molecular flexibility index (Phi) is 8.64. The molecule has 1 heterocycles. The van der Waals surface area contributed by atoms with Crippen molar-refractivity contribution in [3.63, 3.8) is 0 Å². The number of carbonyl (C=O) groups excluding carboxylic acids is 2. The second-order valence-electron chi connectivity index (χ2n) is 9.23. The van der Waals surface area contributed by atoms with Crippen LogP contribution in [0, 0.1) is 11.8 Å². The predicted molar refractivity (Wildman–Crippen MR) is 122 cm³/mol. The molecule has 1 aromatic carbocycles. The van der Waals surface area contributed by atoms with E-state index in [0.717, 1.165) is 25.0 Å². The van der Waals surface area contributed by atoms with Crippen molar-refractivity contribution in [1.82, 2.24) is 15.1 Å². The molecule has 1 aromatic rings. The average Bonchev–Trinajstić information content (AvgIpc) is 2.73. The molecule has 0 spiro atoms. The first-order valence-corrected chi connectivity index (χ1v) is 11.8. The summed E-state index contributed by atoms with van der Waals surface area (Å²) in [5, 5.41) is 5.29. The molecule has 3 atom stereocenters. The van der Waals surface area contributed by atoms with E-state index in [2.05, 4.69) is 29.4 Å². The summed E-state index contributed by atoms with van der Waals surface area (Å²) in [4.78, 5) is 28.8. The van der Waals surface area contributed by atoms with Gasteiger partial charge in [0.2, 0.25) is 11.8 Å². The third kappa shape index (κ3) is 7.32. The van der Waals surface area contributed by atoms with E-state index in [4.69, 9.17) is 11.6 Å². The third-order valence-electron chi connectivity index (χ3n) is 6.81. The van der Waals surface area contributed by atoms with Gasteiger partial charge in [0.25, 0.3) is 0 Å². The highest BCUT2D eigenvalue weighted by Crippen LogP contribution is 2.36. The minimum absolute atomic E-state index is 0.0374. The average molecular weight is 489 g/mol. The zero-order valence-corrected chi connectivity index (χ0v) is 19.8. The summed E-state index contributed by atoms with van der Waals surface area (Å²) in [5.41, 5.74) is -0.927. The predicted octanol–water partition coefficient (Wildman–Crippen LogP) is 3.86. The van der Waals surface area contributed by atoms with Crippen LogP contribution < -0.4 is 10.6 Å². The number of rotatable bonds is 6. The summed E-state index contributed by atoms with van der Waals surface area (Å²) >= 11 is 5.62. The molecule has 6 nitrogen and oxygen atoms in total. The number of hydrogen-bond donors (Lipinski definition) is 2. The lowest BCUT2D eigenvalue weighted by Gasteiger charge is -2.36. The third-order valence-corrected chi connectivity index (χ3v) is 7.14. The van der Waals surface area contributed by atoms with Crippen molar-refractivity contribution >= 4 is 29.1 Å². The quantitative estimate of drug-likeness (QED) is 0.638. The van der Waals surface area contributed by atoms with Crippen LogP contribution in [-0.4, -0.2) is 66.9 Å². The maximum Gasteiger partial charge on any atom is 0.417 e. The van der Waals surface area contributed by atoms with Crippen LogP contribution >= 0.6 is 11.6 Å². The van der Waals surface area contributed by atoms with Gasteiger partial charge in [-0.3, -0.25) is 19.4 Å². The molecule has 10 heteroatoms. The van der Waals surface area contributed by atoms with Gasteiger partial charge < -0.3 is 10.6 Å². The minimum Gasteiger partial charge on any atom is -0.352 e. The molecule has 3 unspecified atom stereocenters. The van der Waals surface area contributed by atoms with Crippen molar-refractivity contribution in [3.8, 4) is 0 Å². The Labute approximate surface area is 197 Å². The molecule has 2 fully saturated rings. The van der Waals surface area contributed by atoms with Crippen LogP contribution in [0.4, 0.5) is 18.9 Å². The van der Waals surface area contributed by atoms with Gasteiger partial charge in [-0.15, -0.1) is 0 Å². The van der Waals surface area contributed by atoms with Crippen molar-refractivity contribution in [2.45, 2.75) is 45.3 Å². The van der Waals surface area contributed by atoms with E-state index in [0.29, 0.717) is 44.6 Å². The Hall–Kier alpha value is -1.84. The van der Waals surface area contributed by atoms with Crippen molar-refractivity contribution in [1.29, 1.82) is 0 Å². The number of alkyl halides is 3. The van der Waals surface area contributed by atoms with E-state index in [1.54, 1.807) is 0 Å². The van der Waals surface area contributed by atoms with E-state index in [1.807, 2.05) is 4.90 Å². The van der Waals surface area contributed by atoms with Gasteiger partial charge in [-0.25, -0.2) is 0 Å². The van der Waals surface area contributed by atoms with Gasteiger partial charge in [0.15, 0.2) is 0 Å². The number of nitrogens with zero attached hydrogens (tertiary/aromatic N) is 2. The molecule has 2 aliphatic rings. The fourth-order valence-electron chi connectivity index (χ4n) is 4.57. The second-order valence-corrected chi connectivity index (χ2v) is 9.64. The van der Waals surface area contributed by atoms with Gasteiger partial charge >= 0.3 is 6.18 Å². The molecule has 0 radical (unpaired) electrons. The largest absolute Gasteiger partial charge is 0.417 e. The first-order valence-electron chi connectivity index (χ1n) is 11.4. The standard InChI is InChI=1S/C23H32ClF3N4O2/c1-15-4-3-5-20(16(15)2)29-22(33)14-31-10-8-30(9-11-31)13-21(32)28-17-6-7-19(24)18(12-17)23(25,26)27/h6-7,12,15-16,20H,3-5,8-11,13-14H2,1-2H3,(H,28,32)(H,29,33). The number of amides is 2. The fraction of sp³-hybridized carbons (Fsp3) is 0.652. The Morgan fingerprint density at radius 3 is 2.24 bits per heavy atom. The van der Waals surface area contributed by atoms with Gasteiger partial charge in [-0.2, -0.15) is 13.2 Å². The number of benzene rings is 1. The van der Waals surface area contributed by atoms with E-state index in [1.165, 1.54) is 12.5 Å². The smallest absolute Gasteiger partial charge is 0.352 e. The summed E-state index contributed by atoms with van der Waals surface area (Å²) in [6.07, 6.45) is -1.21. The number of halogens is 4. The maximum atomic E-state index is 13.0. The van der Waals surface area contributed by atoms with Gasteiger partial charge in [0.05, 0.1) is 23.7 Å². The van der Waals surface area contributed by atoms with Crippen LogP contribution in [0.5, 0.6) is 0 Å². The zero-order chi connectivity index (χ0) is 24.2. The Balaban J connectivity index is 1.41. The van der Waals surface area contributed by atoms with Crippen LogP contribution in [-0.2, 0) is 15.8 Å². The molecule has 0 aromatic heterocycles. The lowest BCUT2D eigenvalue weighted by Crippen LogP contribution is -2.52. The normalized spacial score (nSPS) is 25.0. The van der Waals surface area contributed by atoms with E-state index in [9.17, 15) is 22.8 Å². The lowest BCUT2D eigenvalue weighted by atomic mass is 9.78. The fourth-order valence-corrected chi connectivity index (χ4v) is 4.80. The van der Waals surface area contributed by atoms with E-state index >= 15 is 0 Å². The summed E-state index contributed by atoms with van der Waals surface area (Å²) in [5.74, 6) is 0.741. The molecule has 3 rings (SSSR count). The lowest BCUT2D eigenvalue weighted by molar-refractivity contribution is -0.137. The zero-order valence-electron chi connectivity index (χ0n) is 19.1. The highest BCUT2D eigenvalue weighted by molar-refractivity contribution is 6.31. The number of hydrogen-bond acceptors (Lipinski definition) is 4. The van der Waals surface area contributed by atoms with Gasteiger partial charge in [-0.05, 0) is 36.5 Å². The van der Waals surface area contributed by atoms with Gasteiger partial charge in [0, 0.05) is 37.9 Å². The van der Waals surface area contributed by atoms with Crippen molar-refractivity contribution in [2.24, 2.45) is 11.8 Å². The van der Waals surface area contributed by atoms with Crippen LogP contribution in [0.1, 0.15) is 38.7 Å². The molecule has 33 heavy (non-hydrogen) atoms. The number of piperazine rings is 1. The molecular formula is C23H32ClF3N4O2. The number of carbonyl (C=O) groups is 2. The van der Waals surface area contributed by atoms with Crippen LogP contribution in [0.15, 0.2) is 18.2 Å². The maximum absolute atomic E-state index is 13.0. The molecule has 1 saturated carbocycles. The summed E-state index contributed by atoms with van der Waals surface area (Å²) < 4.78 is 39.0. The molecule has 0 bridgehead atoms. The monoisotopic (exact) mass is 488 g/mol. The molecule has 2 amide bonds. The van der Waals surface area contributed by atoms with Crippen LogP contribution in [0.3, 0.4) is 0 Å². The van der Waals surface area contributed by atoms with E-state index < -0.39 is 22.7 Å². The van der Waals surface area contributed by atoms with Crippen molar-refractivity contribution < 1.29 is 22.8 Å². The van der Waals surface area contributed by atoms with Crippen LogP contribution in [0.25, 0.3) is 0 Å². The Morgan fingerprint density at radius 1 is 1.03 bits per heavy atom. The summed E-state index contributed by atoms with van der Waals surface area (Å²) in [7, 11) is 0. The number of nitrogens with one attached hydrogen (secondary N) is 2. The Bertz CT molecular complexity index is 843. The van der Waals surface area contributed by atoms with Crippen molar-refractivity contribution in [3.05, 3.63) is 28.8 Å². The molecule has 1 aliphatic heterocycles. The SMILES string of the molecule is CC1CCCC(NC(=O)CN2CCN(CC(=O)Nc3ccc(Cl)c(C(F)(F)F)c3)CC2)C1C. The molecule has 1 aliphatic carbocycles. The van der Waals surface area contributed by atoms with E-state index in [-0.39, 0.29) is 24.2 Å². The topological polar surface area (TPSA) is 64.7 Å². The van der Waals surface area contributed by atoms with Crippen molar-refractivity contribution in [2.75, 3.05) is 44.6 Å². The Morgan fingerprint density at radius 2 is 1.64 bits per heavy atom. The second kappa shape index (κ2) is 11.1. The first-order chi connectivity index (χ1) is 15.5. The highest BCUT2D eigenvalue weighted by Gasteiger charge is 2.33. The van der Waals surface area contributed by atoms with Crippen LogP contribution in [0.2, 0.25) is 5.02 Å². The molecule has 2 N–H and O–H groups in total. The highest BCUT2D eigenvalue weighted by atomic mass is 35.5. The minimum atomic E-state index is -4.59. The van der Waals surface area contributed by atoms with Gasteiger partial charge in [0.1, 0.15) is 0 Å². The van der Waals surface area contributed by atoms with Gasteiger partial charge in [-0.1, -0.05) is 38.3 Å². The first kappa shape index (κ1) is 25.8.